The minimum absolute atomic E-state index is 0. The second-order valence-corrected chi connectivity index (χ2v) is 5.21. The van der Waals surface area contributed by atoms with E-state index in [1.54, 1.807) is 6.07 Å². The van der Waals surface area contributed by atoms with Crippen LogP contribution in [0.1, 0.15) is 24.9 Å². The van der Waals surface area contributed by atoms with Crippen molar-refractivity contribution in [2.45, 2.75) is 19.4 Å². The predicted molar refractivity (Wildman–Crippen MR) is 78.8 cm³/mol. The summed E-state index contributed by atoms with van der Waals surface area (Å²) >= 11 is 3.26. The number of hydrogen-bond acceptors (Lipinski definition) is 2. The Kier molecular flexibility index (Phi) is 6.57. The summed E-state index contributed by atoms with van der Waals surface area (Å²) in [5, 5.41) is 3.33. The molecule has 1 aliphatic rings. The maximum absolute atomic E-state index is 14.1. The molecule has 0 radical (unpaired) electrons. The second-order valence-electron chi connectivity index (χ2n) is 4.35. The maximum atomic E-state index is 14.1. The normalized spacial score (nSPS) is 18.2. The predicted octanol–water partition coefficient (Wildman–Crippen LogP) is 3.37. The molecule has 1 aliphatic heterocycles. The van der Waals surface area contributed by atoms with Gasteiger partial charge in [-0.05, 0) is 28.4 Å². The molecule has 2 nitrogen and oxygen atoms in total. The number of nitrogens with zero attached hydrogens (tertiary/aromatic N) is 1. The molecule has 18 heavy (non-hydrogen) atoms. The van der Waals surface area contributed by atoms with Gasteiger partial charge in [0.15, 0.2) is 0 Å². The molecule has 0 aliphatic carbocycles. The van der Waals surface area contributed by atoms with Gasteiger partial charge in [-0.3, -0.25) is 4.90 Å². The van der Waals surface area contributed by atoms with Gasteiger partial charge in [0.2, 0.25) is 0 Å². The van der Waals surface area contributed by atoms with Crippen molar-refractivity contribution in [2.75, 3.05) is 26.2 Å². The minimum atomic E-state index is -0.113. The molecule has 0 amide bonds. The van der Waals surface area contributed by atoms with E-state index in [-0.39, 0.29) is 24.3 Å². The SMILES string of the molecule is CC[C@@H](c1cccc(Br)c1F)N1CCNCC1.Cl. The van der Waals surface area contributed by atoms with Crippen LogP contribution >= 0.6 is 28.3 Å². The van der Waals surface area contributed by atoms with Gasteiger partial charge in [-0.15, -0.1) is 12.4 Å². The zero-order valence-corrected chi connectivity index (χ0v) is 12.9. The smallest absolute Gasteiger partial charge is 0.142 e. The third-order valence-corrected chi connectivity index (χ3v) is 3.93. The number of rotatable bonds is 3. The molecule has 102 valence electrons. The molecule has 1 saturated heterocycles. The zero-order chi connectivity index (χ0) is 12.3. The Morgan fingerprint density at radius 1 is 1.39 bits per heavy atom. The Morgan fingerprint density at radius 2 is 2.06 bits per heavy atom. The highest BCUT2D eigenvalue weighted by molar-refractivity contribution is 9.10. The largest absolute Gasteiger partial charge is 0.314 e. The lowest BCUT2D eigenvalue weighted by Crippen LogP contribution is -2.45. The summed E-state index contributed by atoms with van der Waals surface area (Å²) in [5.74, 6) is -0.113. The van der Waals surface area contributed by atoms with Crippen molar-refractivity contribution in [1.82, 2.24) is 10.2 Å². The molecule has 0 aromatic heterocycles. The zero-order valence-electron chi connectivity index (χ0n) is 10.5. The highest BCUT2D eigenvalue weighted by Crippen LogP contribution is 2.29. The van der Waals surface area contributed by atoms with Crippen molar-refractivity contribution in [3.8, 4) is 0 Å². The summed E-state index contributed by atoms with van der Waals surface area (Å²) in [6, 6.07) is 5.75. The van der Waals surface area contributed by atoms with Crippen LogP contribution in [-0.4, -0.2) is 31.1 Å². The average molecular weight is 338 g/mol. The average Bonchev–Trinajstić information content (AvgIpc) is 2.37. The summed E-state index contributed by atoms with van der Waals surface area (Å²) < 4.78 is 14.7. The molecule has 1 fully saturated rings. The summed E-state index contributed by atoms with van der Waals surface area (Å²) in [7, 11) is 0. The summed E-state index contributed by atoms with van der Waals surface area (Å²) in [6.07, 6.45) is 0.938. The topological polar surface area (TPSA) is 15.3 Å². The van der Waals surface area contributed by atoms with Crippen LogP contribution in [0.15, 0.2) is 22.7 Å². The van der Waals surface area contributed by atoms with Gasteiger partial charge < -0.3 is 5.32 Å². The number of nitrogens with one attached hydrogen (secondary N) is 1. The van der Waals surface area contributed by atoms with Gasteiger partial charge in [-0.25, -0.2) is 4.39 Å². The van der Waals surface area contributed by atoms with E-state index in [1.807, 2.05) is 12.1 Å². The van der Waals surface area contributed by atoms with E-state index in [9.17, 15) is 4.39 Å². The first kappa shape index (κ1) is 15.9. The standard InChI is InChI=1S/C13H18BrFN2.ClH/c1-2-12(17-8-6-16-7-9-17)10-4-3-5-11(14)13(10)15;/h3-5,12,16H,2,6-9H2,1H3;1H/t12-;/m0./s1. The Balaban J connectivity index is 0.00000162. The van der Waals surface area contributed by atoms with E-state index in [1.165, 1.54) is 0 Å². The monoisotopic (exact) mass is 336 g/mol. The Bertz CT molecular complexity index is 383. The molecule has 0 saturated carbocycles. The molecule has 0 spiro atoms. The summed E-state index contributed by atoms with van der Waals surface area (Å²) in [6.45, 7) is 6.08. The van der Waals surface area contributed by atoms with Crippen LogP contribution in [0.4, 0.5) is 4.39 Å². The molecule has 1 aromatic carbocycles. The third kappa shape index (κ3) is 3.44. The van der Waals surface area contributed by atoms with Gasteiger partial charge in [0, 0.05) is 37.8 Å². The molecular weight excluding hydrogens is 319 g/mol. The molecule has 0 unspecified atom stereocenters. The van der Waals surface area contributed by atoms with Crippen LogP contribution in [0.25, 0.3) is 0 Å². The van der Waals surface area contributed by atoms with Crippen LogP contribution in [0.2, 0.25) is 0 Å². The maximum Gasteiger partial charge on any atom is 0.142 e. The van der Waals surface area contributed by atoms with E-state index >= 15 is 0 Å². The number of halogens is 3. The van der Waals surface area contributed by atoms with Crippen molar-refractivity contribution in [1.29, 1.82) is 0 Å². The summed E-state index contributed by atoms with van der Waals surface area (Å²) in [4.78, 5) is 2.36. The van der Waals surface area contributed by atoms with Gasteiger partial charge in [0.1, 0.15) is 5.82 Å². The fourth-order valence-corrected chi connectivity index (χ4v) is 2.83. The van der Waals surface area contributed by atoms with Gasteiger partial charge >= 0.3 is 0 Å². The Morgan fingerprint density at radius 3 is 2.67 bits per heavy atom. The van der Waals surface area contributed by atoms with E-state index in [4.69, 9.17) is 0 Å². The lowest BCUT2D eigenvalue weighted by molar-refractivity contribution is 0.166. The van der Waals surface area contributed by atoms with Gasteiger partial charge in [-0.1, -0.05) is 19.1 Å². The molecular formula is C13H19BrClFN2. The lowest BCUT2D eigenvalue weighted by atomic mass is 10.0. The second kappa shape index (κ2) is 7.43. The minimum Gasteiger partial charge on any atom is -0.314 e. The summed E-state index contributed by atoms with van der Waals surface area (Å²) in [5.41, 5.74) is 0.809. The molecule has 1 heterocycles. The van der Waals surface area contributed by atoms with Crippen LogP contribution in [0, 0.1) is 5.82 Å². The third-order valence-electron chi connectivity index (χ3n) is 3.32. The molecule has 1 N–H and O–H groups in total. The van der Waals surface area contributed by atoms with E-state index in [0.29, 0.717) is 4.47 Å². The molecule has 1 atom stereocenters. The lowest BCUT2D eigenvalue weighted by Gasteiger charge is -2.35. The van der Waals surface area contributed by atoms with Gasteiger partial charge in [-0.2, -0.15) is 0 Å². The van der Waals surface area contributed by atoms with Crippen LogP contribution in [0.3, 0.4) is 0 Å². The van der Waals surface area contributed by atoms with Crippen LogP contribution in [-0.2, 0) is 0 Å². The first-order chi connectivity index (χ1) is 8.24. The molecule has 2 rings (SSSR count). The fourth-order valence-electron chi connectivity index (χ4n) is 2.45. The van der Waals surface area contributed by atoms with E-state index in [0.717, 1.165) is 38.2 Å². The Hall–Kier alpha value is -0.160. The van der Waals surface area contributed by atoms with Crippen LogP contribution < -0.4 is 5.32 Å². The van der Waals surface area contributed by atoms with E-state index < -0.39 is 0 Å². The molecule has 1 aromatic rings. The van der Waals surface area contributed by atoms with Crippen molar-refractivity contribution >= 4 is 28.3 Å². The molecule has 5 heteroatoms. The van der Waals surface area contributed by atoms with Gasteiger partial charge in [0.25, 0.3) is 0 Å². The number of benzene rings is 1. The van der Waals surface area contributed by atoms with Crippen LogP contribution in [0.5, 0.6) is 0 Å². The number of hydrogen-bond donors (Lipinski definition) is 1. The quantitative estimate of drug-likeness (QED) is 0.910. The highest BCUT2D eigenvalue weighted by atomic mass is 79.9. The van der Waals surface area contributed by atoms with E-state index in [2.05, 4.69) is 33.1 Å². The van der Waals surface area contributed by atoms with Crippen molar-refractivity contribution in [3.63, 3.8) is 0 Å². The fraction of sp³-hybridized carbons (Fsp3) is 0.538. The van der Waals surface area contributed by atoms with Gasteiger partial charge in [0.05, 0.1) is 4.47 Å². The molecule has 0 bridgehead atoms. The first-order valence-corrected chi connectivity index (χ1v) is 6.92. The first-order valence-electron chi connectivity index (χ1n) is 6.12. The Labute approximate surface area is 122 Å². The van der Waals surface area contributed by atoms with Crippen molar-refractivity contribution in [3.05, 3.63) is 34.1 Å². The number of piperazine rings is 1. The van der Waals surface area contributed by atoms with Crippen molar-refractivity contribution < 1.29 is 4.39 Å². The highest BCUT2D eigenvalue weighted by Gasteiger charge is 2.23. The van der Waals surface area contributed by atoms with Crippen molar-refractivity contribution in [2.24, 2.45) is 0 Å².